The summed E-state index contributed by atoms with van der Waals surface area (Å²) in [5.74, 6) is -0.363. The lowest BCUT2D eigenvalue weighted by Gasteiger charge is -2.31. The molecular formula is C10H15N4O8P. The number of aliphatic imine (C=N–C) groups is 2. The fraction of sp³-hybridized carbons (Fsp3) is 0.700. The molecule has 3 rings (SSSR count). The van der Waals surface area contributed by atoms with Crippen molar-refractivity contribution in [1.82, 2.24) is 10.2 Å². The third-order valence-corrected chi connectivity index (χ3v) is 4.17. The van der Waals surface area contributed by atoms with Crippen LogP contribution in [0.15, 0.2) is 9.98 Å². The number of phosphoric acid groups is 1. The summed E-state index contributed by atoms with van der Waals surface area (Å²) in [4.78, 5) is 38.4. The summed E-state index contributed by atoms with van der Waals surface area (Å²) >= 11 is 0. The summed E-state index contributed by atoms with van der Waals surface area (Å²) in [6.45, 7) is -0.609. The van der Waals surface area contributed by atoms with Crippen LogP contribution in [0.2, 0.25) is 0 Å². The van der Waals surface area contributed by atoms with E-state index in [1.807, 2.05) is 0 Å². The first-order valence-electron chi connectivity index (χ1n) is 6.62. The molecule has 13 heteroatoms. The molecule has 5 N–H and O–H groups in total. The lowest BCUT2D eigenvalue weighted by Crippen LogP contribution is -2.53. The highest BCUT2D eigenvalue weighted by atomic mass is 31.2. The smallest absolute Gasteiger partial charge is 0.387 e. The van der Waals surface area contributed by atoms with Crippen LogP contribution in [-0.4, -0.2) is 86.8 Å². The third kappa shape index (κ3) is 3.15. The second-order valence-corrected chi connectivity index (χ2v) is 6.43. The number of hydrogen-bond donors (Lipinski definition) is 5. The Morgan fingerprint density at radius 3 is 2.78 bits per heavy atom. The minimum atomic E-state index is -4.73. The van der Waals surface area contributed by atoms with Crippen LogP contribution in [0.25, 0.3) is 0 Å². The molecule has 0 radical (unpaired) electrons. The van der Waals surface area contributed by atoms with E-state index in [9.17, 15) is 19.6 Å². The van der Waals surface area contributed by atoms with Crippen LogP contribution in [-0.2, 0) is 18.6 Å². The minimum Gasteiger partial charge on any atom is -0.387 e. The van der Waals surface area contributed by atoms with Crippen LogP contribution in [0, 0.1) is 0 Å². The average molecular weight is 350 g/mol. The summed E-state index contributed by atoms with van der Waals surface area (Å²) < 4.78 is 20.4. The van der Waals surface area contributed by atoms with Crippen molar-refractivity contribution in [2.45, 2.75) is 36.7 Å². The van der Waals surface area contributed by atoms with Gasteiger partial charge in [-0.2, -0.15) is 0 Å². The topological polar surface area (TPSA) is 174 Å². The van der Waals surface area contributed by atoms with Crippen molar-refractivity contribution in [3.05, 3.63) is 0 Å². The van der Waals surface area contributed by atoms with Crippen LogP contribution in [0.5, 0.6) is 0 Å². The molecule has 0 aromatic heterocycles. The Labute approximate surface area is 129 Å². The largest absolute Gasteiger partial charge is 0.469 e. The normalized spacial score (nSPS) is 39.7. The molecule has 1 saturated heterocycles. The SMILES string of the molecule is O=C1NC=N[C@@H]2[C@@H]1N=CN2[C@@H]1O[C@H](COP(=O)(O)O)[C@@H](O)[C@H]1O. The Balaban J connectivity index is 1.70. The van der Waals surface area contributed by atoms with Gasteiger partial charge in [0.2, 0.25) is 0 Å². The molecule has 3 aliphatic rings. The molecule has 1 amide bonds. The van der Waals surface area contributed by atoms with Crippen molar-refractivity contribution in [2.24, 2.45) is 9.98 Å². The summed E-state index contributed by atoms with van der Waals surface area (Å²) in [5.41, 5.74) is 0. The molecule has 0 aromatic rings. The van der Waals surface area contributed by atoms with E-state index in [2.05, 4.69) is 19.8 Å². The van der Waals surface area contributed by atoms with E-state index in [-0.39, 0.29) is 5.91 Å². The van der Waals surface area contributed by atoms with E-state index in [0.29, 0.717) is 0 Å². The molecule has 3 aliphatic heterocycles. The molecule has 0 saturated carbocycles. The molecule has 6 atom stereocenters. The molecule has 12 nitrogen and oxygen atoms in total. The summed E-state index contributed by atoms with van der Waals surface area (Å²) in [7, 11) is -4.73. The number of phosphoric ester groups is 1. The van der Waals surface area contributed by atoms with E-state index in [4.69, 9.17) is 14.5 Å². The number of aliphatic hydroxyl groups is 2. The Hall–Kier alpha value is -1.40. The lowest BCUT2D eigenvalue weighted by molar-refractivity contribution is -0.124. The Morgan fingerprint density at radius 2 is 2.09 bits per heavy atom. The van der Waals surface area contributed by atoms with Crippen molar-refractivity contribution >= 4 is 26.4 Å². The summed E-state index contributed by atoms with van der Waals surface area (Å²) in [6.07, 6.45) is -3.31. The first-order valence-corrected chi connectivity index (χ1v) is 8.15. The number of hydrogen-bond acceptors (Lipinski definition) is 9. The molecular weight excluding hydrogens is 335 g/mol. The van der Waals surface area contributed by atoms with E-state index >= 15 is 0 Å². The second kappa shape index (κ2) is 5.91. The molecule has 0 unspecified atom stereocenters. The first-order chi connectivity index (χ1) is 10.8. The standard InChI is InChI=1S/C10H15N4O8P/c15-6-4(1-21-23(18,19)20)22-10(7(6)16)14-3-13-5-8(14)11-2-12-9(5)17/h2-8,10,15-16H,1H2,(H,11,12,17)(H2,18,19,20)/t4-,5+,6-,7-,8+,10-/m1/s1. The fourth-order valence-corrected chi connectivity index (χ4v) is 2.92. The van der Waals surface area contributed by atoms with E-state index in [1.165, 1.54) is 17.6 Å². The van der Waals surface area contributed by atoms with Crippen LogP contribution in [0.1, 0.15) is 0 Å². The lowest BCUT2D eigenvalue weighted by atomic mass is 10.1. The molecule has 0 aliphatic carbocycles. The van der Waals surface area contributed by atoms with Crippen LogP contribution in [0.3, 0.4) is 0 Å². The minimum absolute atomic E-state index is 0.363. The number of nitrogens with zero attached hydrogens (tertiary/aromatic N) is 3. The van der Waals surface area contributed by atoms with Crippen molar-refractivity contribution in [3.8, 4) is 0 Å². The first kappa shape index (κ1) is 16.5. The monoisotopic (exact) mass is 350 g/mol. The number of carbonyl (C=O) groups is 1. The van der Waals surface area contributed by atoms with Gasteiger partial charge in [-0.3, -0.25) is 14.3 Å². The van der Waals surface area contributed by atoms with Gasteiger partial charge < -0.3 is 35.0 Å². The highest BCUT2D eigenvalue weighted by Gasteiger charge is 2.50. The Bertz CT molecular complexity index is 593. The van der Waals surface area contributed by atoms with Crippen molar-refractivity contribution in [1.29, 1.82) is 0 Å². The zero-order valence-corrected chi connectivity index (χ0v) is 12.4. The van der Waals surface area contributed by atoms with Crippen molar-refractivity contribution < 1.29 is 38.6 Å². The van der Waals surface area contributed by atoms with Gasteiger partial charge in [-0.15, -0.1) is 0 Å². The van der Waals surface area contributed by atoms with Gasteiger partial charge in [0.25, 0.3) is 5.91 Å². The predicted octanol–water partition coefficient (Wildman–Crippen LogP) is -3.26. The maximum Gasteiger partial charge on any atom is 0.469 e. The highest BCUT2D eigenvalue weighted by Crippen LogP contribution is 2.37. The van der Waals surface area contributed by atoms with Gasteiger partial charge in [0, 0.05) is 0 Å². The fourth-order valence-electron chi connectivity index (χ4n) is 2.58. The third-order valence-electron chi connectivity index (χ3n) is 3.69. The van der Waals surface area contributed by atoms with Gasteiger partial charge in [0.15, 0.2) is 18.4 Å². The number of amides is 1. The number of nitrogens with one attached hydrogen (secondary N) is 1. The van der Waals surface area contributed by atoms with Gasteiger partial charge in [0.05, 0.1) is 19.3 Å². The zero-order valence-electron chi connectivity index (χ0n) is 11.5. The van der Waals surface area contributed by atoms with E-state index in [1.54, 1.807) is 0 Å². The second-order valence-electron chi connectivity index (χ2n) is 5.19. The molecule has 23 heavy (non-hydrogen) atoms. The van der Waals surface area contributed by atoms with Gasteiger partial charge in [0.1, 0.15) is 18.3 Å². The number of fused-ring (bicyclic) bond motifs is 1. The maximum atomic E-state index is 11.7. The molecule has 0 aromatic carbocycles. The van der Waals surface area contributed by atoms with E-state index < -0.39 is 51.2 Å². The number of carbonyl (C=O) groups excluding carboxylic acids is 1. The van der Waals surface area contributed by atoms with Gasteiger partial charge in [-0.1, -0.05) is 0 Å². The van der Waals surface area contributed by atoms with Gasteiger partial charge >= 0.3 is 7.82 Å². The summed E-state index contributed by atoms with van der Waals surface area (Å²) in [5, 5.41) is 22.4. The number of ether oxygens (including phenoxy) is 1. The quantitative estimate of drug-likeness (QED) is 0.326. The van der Waals surface area contributed by atoms with E-state index in [0.717, 1.165) is 0 Å². The van der Waals surface area contributed by atoms with Crippen LogP contribution < -0.4 is 5.32 Å². The number of aliphatic hydroxyl groups excluding tert-OH is 2. The number of rotatable bonds is 4. The molecule has 0 spiro atoms. The highest BCUT2D eigenvalue weighted by molar-refractivity contribution is 7.46. The van der Waals surface area contributed by atoms with Gasteiger partial charge in [-0.25, -0.2) is 9.56 Å². The molecule has 0 bridgehead atoms. The van der Waals surface area contributed by atoms with Crippen LogP contribution in [0.4, 0.5) is 0 Å². The molecule has 128 valence electrons. The maximum absolute atomic E-state index is 11.7. The molecule has 1 fully saturated rings. The van der Waals surface area contributed by atoms with Crippen LogP contribution >= 0.6 is 7.82 Å². The Morgan fingerprint density at radius 1 is 1.35 bits per heavy atom. The zero-order chi connectivity index (χ0) is 16.8. The van der Waals surface area contributed by atoms with Crippen molar-refractivity contribution in [2.75, 3.05) is 6.61 Å². The molecule has 3 heterocycles. The van der Waals surface area contributed by atoms with Gasteiger partial charge in [-0.05, 0) is 0 Å². The summed E-state index contributed by atoms with van der Waals surface area (Å²) in [6, 6.07) is -0.793. The van der Waals surface area contributed by atoms with Crippen molar-refractivity contribution in [3.63, 3.8) is 0 Å². The average Bonchev–Trinajstić information content (AvgIpc) is 3.01. The Kier molecular flexibility index (Phi) is 4.23. The predicted molar refractivity (Wildman–Crippen MR) is 73.2 cm³/mol.